The topological polar surface area (TPSA) is 68.0 Å². The molecule has 0 bridgehead atoms. The summed E-state index contributed by atoms with van der Waals surface area (Å²) >= 11 is 0. The molecule has 0 unspecified atom stereocenters. The molecular weight excluding hydrogens is 238 g/mol. The van der Waals surface area contributed by atoms with Crippen LogP contribution in [0.2, 0.25) is 0 Å². The third-order valence-electron chi connectivity index (χ3n) is 2.79. The number of carbonyl (C=O) groups excluding carboxylic acids is 1. The van der Waals surface area contributed by atoms with Gasteiger partial charge in [0, 0.05) is 34.9 Å². The van der Waals surface area contributed by atoms with Crippen LogP contribution in [0.15, 0.2) is 49.3 Å². The number of amides is 1. The van der Waals surface area contributed by atoms with Crippen molar-refractivity contribution in [2.75, 3.05) is 11.1 Å². The zero-order chi connectivity index (χ0) is 13.8. The maximum absolute atomic E-state index is 12.1. The average Bonchev–Trinajstić information content (AvgIpc) is 2.43. The molecule has 0 spiro atoms. The van der Waals surface area contributed by atoms with Gasteiger partial charge in [-0.3, -0.25) is 9.78 Å². The first-order chi connectivity index (χ1) is 9.08. The fourth-order valence-electron chi connectivity index (χ4n) is 1.64. The molecule has 1 aromatic carbocycles. The van der Waals surface area contributed by atoms with E-state index in [0.717, 1.165) is 5.56 Å². The summed E-state index contributed by atoms with van der Waals surface area (Å²) in [6.07, 6.45) is 3.25. The Bertz CT molecular complexity index is 621. The molecule has 2 rings (SSSR count). The van der Waals surface area contributed by atoms with Gasteiger partial charge in [0.2, 0.25) is 0 Å². The van der Waals surface area contributed by atoms with Gasteiger partial charge in [-0.25, -0.2) is 0 Å². The molecule has 0 atom stereocenters. The molecule has 19 heavy (non-hydrogen) atoms. The molecule has 4 heteroatoms. The number of aryl methyl sites for hydroxylation is 1. The minimum atomic E-state index is -0.262. The van der Waals surface area contributed by atoms with Crippen molar-refractivity contribution < 1.29 is 4.79 Å². The molecule has 3 N–H and O–H groups in total. The Kier molecular flexibility index (Phi) is 3.61. The van der Waals surface area contributed by atoms with Crippen LogP contribution in [-0.4, -0.2) is 10.9 Å². The van der Waals surface area contributed by atoms with Crippen molar-refractivity contribution in [2.24, 2.45) is 0 Å². The minimum absolute atomic E-state index is 0.262. The lowest BCUT2D eigenvalue weighted by Crippen LogP contribution is -2.14. The fraction of sp³-hybridized carbons (Fsp3) is 0.0667. The first kappa shape index (κ1) is 12.8. The van der Waals surface area contributed by atoms with Gasteiger partial charge in [0.05, 0.1) is 0 Å². The van der Waals surface area contributed by atoms with E-state index in [9.17, 15) is 4.79 Å². The number of nitrogens with zero attached hydrogens (tertiary/aromatic N) is 1. The average molecular weight is 253 g/mol. The zero-order valence-electron chi connectivity index (χ0n) is 10.7. The predicted molar refractivity (Wildman–Crippen MR) is 77.5 cm³/mol. The van der Waals surface area contributed by atoms with Gasteiger partial charge >= 0.3 is 0 Å². The van der Waals surface area contributed by atoms with Crippen molar-refractivity contribution >= 4 is 22.9 Å². The van der Waals surface area contributed by atoms with E-state index in [1.165, 1.54) is 0 Å². The van der Waals surface area contributed by atoms with Crippen LogP contribution in [0.4, 0.5) is 11.4 Å². The molecule has 0 saturated heterocycles. The number of pyridine rings is 1. The van der Waals surface area contributed by atoms with Crippen LogP contribution in [0.5, 0.6) is 0 Å². The number of anilines is 2. The lowest BCUT2D eigenvalue weighted by molar-refractivity contribution is -0.111. The Morgan fingerprint density at radius 2 is 2.16 bits per heavy atom. The highest BCUT2D eigenvalue weighted by Crippen LogP contribution is 2.20. The van der Waals surface area contributed by atoms with Gasteiger partial charge in [0.1, 0.15) is 0 Å². The van der Waals surface area contributed by atoms with Crippen LogP contribution in [-0.2, 0) is 4.79 Å². The smallest absolute Gasteiger partial charge is 0.255 e. The van der Waals surface area contributed by atoms with Gasteiger partial charge in [-0.05, 0) is 30.7 Å². The highest BCUT2D eigenvalue weighted by Gasteiger charge is 2.11. The third kappa shape index (κ3) is 2.98. The van der Waals surface area contributed by atoms with Crippen LogP contribution in [0, 0.1) is 6.92 Å². The fourth-order valence-corrected chi connectivity index (χ4v) is 1.64. The molecule has 0 fully saturated rings. The van der Waals surface area contributed by atoms with Gasteiger partial charge < -0.3 is 11.1 Å². The van der Waals surface area contributed by atoms with E-state index in [1.54, 1.807) is 36.7 Å². The molecular formula is C15H15N3O. The Hall–Kier alpha value is -2.62. The molecule has 0 aliphatic carbocycles. The predicted octanol–water partition coefficient (Wildman–Crippen LogP) is 2.62. The Balaban J connectivity index is 2.18. The van der Waals surface area contributed by atoms with E-state index < -0.39 is 0 Å². The molecule has 0 aliphatic heterocycles. The monoisotopic (exact) mass is 253 g/mol. The molecule has 0 aliphatic rings. The van der Waals surface area contributed by atoms with E-state index in [-0.39, 0.29) is 5.91 Å². The summed E-state index contributed by atoms with van der Waals surface area (Å²) in [4.78, 5) is 16.1. The van der Waals surface area contributed by atoms with Gasteiger partial charge in [-0.15, -0.1) is 0 Å². The second-order valence-electron chi connectivity index (χ2n) is 4.25. The molecule has 96 valence electrons. The van der Waals surface area contributed by atoms with E-state index in [0.29, 0.717) is 22.5 Å². The van der Waals surface area contributed by atoms with Crippen LogP contribution in [0.1, 0.15) is 11.1 Å². The number of nitrogens with one attached hydrogen (secondary N) is 1. The molecule has 1 heterocycles. The van der Waals surface area contributed by atoms with Crippen LogP contribution >= 0.6 is 0 Å². The van der Waals surface area contributed by atoms with E-state index in [4.69, 9.17) is 5.73 Å². The maximum atomic E-state index is 12.1. The van der Waals surface area contributed by atoms with E-state index in [1.807, 2.05) is 13.0 Å². The van der Waals surface area contributed by atoms with Crippen LogP contribution in [0.3, 0.4) is 0 Å². The second-order valence-corrected chi connectivity index (χ2v) is 4.25. The number of nitrogens with two attached hydrogens (primary N) is 1. The summed E-state index contributed by atoms with van der Waals surface area (Å²) in [5, 5.41) is 2.80. The zero-order valence-corrected chi connectivity index (χ0v) is 10.7. The van der Waals surface area contributed by atoms with Crippen molar-refractivity contribution in [3.63, 3.8) is 0 Å². The summed E-state index contributed by atoms with van der Waals surface area (Å²) in [5.74, 6) is -0.262. The number of carbonyl (C=O) groups is 1. The second kappa shape index (κ2) is 5.35. The minimum Gasteiger partial charge on any atom is -0.399 e. The van der Waals surface area contributed by atoms with Crippen molar-refractivity contribution in [3.8, 4) is 0 Å². The summed E-state index contributed by atoms with van der Waals surface area (Å²) in [6, 6.07) is 8.93. The lowest BCUT2D eigenvalue weighted by atomic mass is 10.1. The molecule has 1 aromatic heterocycles. The van der Waals surface area contributed by atoms with Gasteiger partial charge in [-0.1, -0.05) is 18.7 Å². The highest BCUT2D eigenvalue weighted by molar-refractivity contribution is 6.24. The molecule has 4 nitrogen and oxygen atoms in total. The Morgan fingerprint density at radius 1 is 1.37 bits per heavy atom. The summed E-state index contributed by atoms with van der Waals surface area (Å²) in [5.41, 5.74) is 9.01. The van der Waals surface area contributed by atoms with Crippen molar-refractivity contribution in [1.29, 1.82) is 0 Å². The third-order valence-corrected chi connectivity index (χ3v) is 2.79. The number of hydrogen-bond donors (Lipinski definition) is 2. The highest BCUT2D eigenvalue weighted by atomic mass is 16.1. The first-order valence-electron chi connectivity index (χ1n) is 5.84. The Morgan fingerprint density at radius 3 is 2.84 bits per heavy atom. The summed E-state index contributed by atoms with van der Waals surface area (Å²) < 4.78 is 0. The molecule has 2 aromatic rings. The normalized spacial score (nSPS) is 9.95. The lowest BCUT2D eigenvalue weighted by Gasteiger charge is -2.10. The van der Waals surface area contributed by atoms with E-state index >= 15 is 0 Å². The largest absolute Gasteiger partial charge is 0.399 e. The summed E-state index contributed by atoms with van der Waals surface area (Å²) in [7, 11) is 0. The molecule has 1 amide bonds. The number of rotatable bonds is 3. The van der Waals surface area contributed by atoms with Gasteiger partial charge in [-0.2, -0.15) is 0 Å². The standard InChI is InChI=1S/C15H15N3O/c1-10-5-6-13(16)8-14(10)18-15(19)11(2)12-4-3-7-17-9-12/h3-9H,2,16H2,1H3,(H,18,19). The first-order valence-corrected chi connectivity index (χ1v) is 5.84. The van der Waals surface area contributed by atoms with Crippen molar-refractivity contribution in [2.45, 2.75) is 6.92 Å². The van der Waals surface area contributed by atoms with Crippen LogP contribution in [0.25, 0.3) is 5.57 Å². The Labute approximate surface area is 112 Å². The molecule has 0 saturated carbocycles. The van der Waals surface area contributed by atoms with Crippen molar-refractivity contribution in [1.82, 2.24) is 4.98 Å². The van der Waals surface area contributed by atoms with Gasteiger partial charge in [0.15, 0.2) is 0 Å². The number of nitrogen functional groups attached to an aromatic ring is 1. The van der Waals surface area contributed by atoms with Gasteiger partial charge in [0.25, 0.3) is 5.91 Å². The number of hydrogen-bond acceptors (Lipinski definition) is 3. The van der Waals surface area contributed by atoms with Crippen molar-refractivity contribution in [3.05, 3.63) is 60.4 Å². The summed E-state index contributed by atoms with van der Waals surface area (Å²) in [6.45, 7) is 5.69. The molecule has 0 radical (unpaired) electrons. The van der Waals surface area contributed by atoms with E-state index in [2.05, 4.69) is 16.9 Å². The maximum Gasteiger partial charge on any atom is 0.255 e. The number of benzene rings is 1. The quantitative estimate of drug-likeness (QED) is 0.652. The SMILES string of the molecule is C=C(C(=O)Nc1cc(N)ccc1C)c1cccnc1. The number of aromatic nitrogens is 1. The van der Waals surface area contributed by atoms with Crippen LogP contribution < -0.4 is 11.1 Å².